The van der Waals surface area contributed by atoms with Crippen LogP contribution in [0.2, 0.25) is 0 Å². The Hall–Kier alpha value is -3.06. The van der Waals surface area contributed by atoms with Gasteiger partial charge in [-0.2, -0.15) is 9.29 Å². The van der Waals surface area contributed by atoms with Gasteiger partial charge in [0.2, 0.25) is 21.8 Å². The lowest BCUT2D eigenvalue weighted by Gasteiger charge is -2.26. The highest BCUT2D eigenvalue weighted by molar-refractivity contribution is 7.89. The second-order valence-electron chi connectivity index (χ2n) is 7.58. The Labute approximate surface area is 201 Å². The van der Waals surface area contributed by atoms with E-state index in [4.69, 9.17) is 14.2 Å². The number of carbonyl (C=O) groups is 1. The summed E-state index contributed by atoms with van der Waals surface area (Å²) in [5.41, 5.74) is 0.280. The number of pyridine rings is 1. The molecule has 0 atom stereocenters. The van der Waals surface area contributed by atoms with E-state index in [1.807, 2.05) is 13.8 Å². The van der Waals surface area contributed by atoms with E-state index < -0.39 is 10.0 Å². The molecule has 1 amide bonds. The largest absolute Gasteiger partial charge is 0.475 e. The number of rotatable bonds is 8. The summed E-state index contributed by atoms with van der Waals surface area (Å²) in [6.07, 6.45) is 1.43. The van der Waals surface area contributed by atoms with Crippen molar-refractivity contribution >= 4 is 32.4 Å². The lowest BCUT2D eigenvalue weighted by molar-refractivity contribution is 0.0730. The van der Waals surface area contributed by atoms with Gasteiger partial charge in [-0.25, -0.2) is 13.4 Å². The fourth-order valence-corrected chi connectivity index (χ4v) is 5.09. The first kappa shape index (κ1) is 24.1. The fourth-order valence-electron chi connectivity index (χ4n) is 3.16. The molecule has 1 saturated heterocycles. The Bertz CT molecular complexity index is 1220. The Morgan fingerprint density at radius 1 is 1.15 bits per heavy atom. The third-order valence-corrected chi connectivity index (χ3v) is 7.31. The number of thiazole rings is 1. The molecule has 0 aliphatic carbocycles. The number of anilines is 1. The molecule has 4 rings (SSSR count). The van der Waals surface area contributed by atoms with Crippen molar-refractivity contribution in [3.05, 3.63) is 53.5 Å². The molecular weight excluding hydrogens is 480 g/mol. The number of morpholine rings is 1. The van der Waals surface area contributed by atoms with Crippen LogP contribution in [0.3, 0.4) is 0 Å². The van der Waals surface area contributed by atoms with Crippen molar-refractivity contribution in [1.82, 2.24) is 14.3 Å². The van der Waals surface area contributed by atoms with E-state index in [1.54, 1.807) is 23.7 Å². The van der Waals surface area contributed by atoms with Crippen molar-refractivity contribution in [2.24, 2.45) is 0 Å². The predicted octanol–water partition coefficient (Wildman–Crippen LogP) is 3.39. The zero-order chi connectivity index (χ0) is 24.1. The Kier molecular flexibility index (Phi) is 7.41. The average molecular weight is 505 g/mol. The summed E-state index contributed by atoms with van der Waals surface area (Å²) < 4.78 is 43.7. The molecule has 0 spiro atoms. The lowest BCUT2D eigenvalue weighted by Crippen LogP contribution is -2.40. The highest BCUT2D eigenvalue weighted by Gasteiger charge is 2.26. The number of amides is 1. The molecule has 180 valence electrons. The number of benzene rings is 1. The minimum Gasteiger partial charge on any atom is -0.475 e. The van der Waals surface area contributed by atoms with Crippen LogP contribution in [0.1, 0.15) is 24.2 Å². The van der Waals surface area contributed by atoms with Gasteiger partial charge in [-0.15, -0.1) is 11.3 Å². The summed E-state index contributed by atoms with van der Waals surface area (Å²) in [7, 11) is -3.61. The molecule has 0 unspecified atom stereocenters. The van der Waals surface area contributed by atoms with Crippen LogP contribution in [0.5, 0.6) is 17.5 Å². The average Bonchev–Trinajstić information content (AvgIpc) is 3.32. The zero-order valence-corrected chi connectivity index (χ0v) is 20.3. The number of ether oxygens (including phenoxy) is 3. The quantitative estimate of drug-likeness (QED) is 0.496. The van der Waals surface area contributed by atoms with Gasteiger partial charge in [0.25, 0.3) is 5.91 Å². The number of carbonyl (C=O) groups excluding carboxylic acids is 1. The molecular formula is C22H24N4O6S2. The standard InChI is InChI=1S/C22H24N4O6S2/c1-15(2)31-19-13-16(21(27)25-22-23-7-12-33-22)14-20(24-19)32-17-3-5-18(6-4-17)34(28,29)26-8-10-30-11-9-26/h3-7,12-15H,8-11H2,1-2H3,(H,23,25,27). The van der Waals surface area contributed by atoms with Crippen LogP contribution in [0.25, 0.3) is 0 Å². The lowest BCUT2D eigenvalue weighted by atomic mass is 10.2. The monoisotopic (exact) mass is 504 g/mol. The van der Waals surface area contributed by atoms with E-state index in [9.17, 15) is 13.2 Å². The van der Waals surface area contributed by atoms with Crippen molar-refractivity contribution in [3.8, 4) is 17.5 Å². The summed E-state index contributed by atoms with van der Waals surface area (Å²) in [5.74, 6) is 0.332. The Balaban J connectivity index is 1.54. The van der Waals surface area contributed by atoms with Gasteiger partial charge < -0.3 is 14.2 Å². The number of hydrogen-bond donors (Lipinski definition) is 1. The van der Waals surface area contributed by atoms with E-state index in [0.29, 0.717) is 37.2 Å². The molecule has 34 heavy (non-hydrogen) atoms. The minimum absolute atomic E-state index is 0.131. The number of sulfonamides is 1. The van der Waals surface area contributed by atoms with Crippen LogP contribution in [0.4, 0.5) is 5.13 Å². The molecule has 3 aromatic rings. The van der Waals surface area contributed by atoms with E-state index in [-0.39, 0.29) is 34.2 Å². The molecule has 1 aliphatic heterocycles. The van der Waals surface area contributed by atoms with E-state index in [1.165, 1.54) is 39.9 Å². The molecule has 3 heterocycles. The zero-order valence-electron chi connectivity index (χ0n) is 18.6. The summed E-state index contributed by atoms with van der Waals surface area (Å²) in [6, 6.07) is 9.04. The van der Waals surface area contributed by atoms with E-state index in [0.717, 1.165) is 0 Å². The van der Waals surface area contributed by atoms with Gasteiger partial charge in [0.05, 0.1) is 29.8 Å². The minimum atomic E-state index is -3.61. The molecule has 1 N–H and O–H groups in total. The molecule has 10 nitrogen and oxygen atoms in total. The first-order valence-electron chi connectivity index (χ1n) is 10.6. The van der Waals surface area contributed by atoms with E-state index in [2.05, 4.69) is 15.3 Å². The summed E-state index contributed by atoms with van der Waals surface area (Å²) in [5, 5.41) is 4.94. The van der Waals surface area contributed by atoms with Crippen LogP contribution < -0.4 is 14.8 Å². The molecule has 0 bridgehead atoms. The molecule has 12 heteroatoms. The van der Waals surface area contributed by atoms with Crippen molar-refractivity contribution in [2.45, 2.75) is 24.8 Å². The highest BCUT2D eigenvalue weighted by Crippen LogP contribution is 2.27. The molecule has 1 aliphatic rings. The molecule has 0 radical (unpaired) electrons. The van der Waals surface area contributed by atoms with Gasteiger partial charge in [0.1, 0.15) is 5.75 Å². The van der Waals surface area contributed by atoms with Crippen molar-refractivity contribution in [3.63, 3.8) is 0 Å². The first-order chi connectivity index (χ1) is 16.3. The topological polar surface area (TPSA) is 120 Å². The summed E-state index contributed by atoms with van der Waals surface area (Å²) in [6.45, 7) is 5.08. The van der Waals surface area contributed by atoms with Gasteiger partial charge >= 0.3 is 0 Å². The van der Waals surface area contributed by atoms with Gasteiger partial charge in [-0.05, 0) is 38.1 Å². The third-order valence-electron chi connectivity index (χ3n) is 4.70. The predicted molar refractivity (Wildman–Crippen MR) is 126 cm³/mol. The van der Waals surface area contributed by atoms with Gasteiger partial charge in [0, 0.05) is 36.8 Å². The smallest absolute Gasteiger partial charge is 0.257 e. The Morgan fingerprint density at radius 2 is 1.85 bits per heavy atom. The maximum absolute atomic E-state index is 12.8. The SMILES string of the molecule is CC(C)Oc1cc(C(=O)Nc2nccs2)cc(Oc2ccc(S(=O)(=O)N3CCOCC3)cc2)n1. The number of nitrogens with one attached hydrogen (secondary N) is 1. The van der Waals surface area contributed by atoms with Gasteiger partial charge in [-0.3, -0.25) is 10.1 Å². The molecule has 2 aromatic heterocycles. The molecule has 1 fully saturated rings. The van der Waals surface area contributed by atoms with Crippen LogP contribution in [-0.4, -0.2) is 61.0 Å². The normalized spacial score (nSPS) is 14.7. The number of hydrogen-bond acceptors (Lipinski definition) is 9. The van der Waals surface area contributed by atoms with Crippen molar-refractivity contribution in [1.29, 1.82) is 0 Å². The fraction of sp³-hybridized carbons (Fsp3) is 0.318. The number of aromatic nitrogens is 2. The summed E-state index contributed by atoms with van der Waals surface area (Å²) in [4.78, 5) is 21.2. The van der Waals surface area contributed by atoms with Crippen LogP contribution in [-0.2, 0) is 14.8 Å². The maximum atomic E-state index is 12.8. The van der Waals surface area contributed by atoms with Crippen molar-refractivity contribution < 1.29 is 27.4 Å². The van der Waals surface area contributed by atoms with Crippen molar-refractivity contribution in [2.75, 3.05) is 31.6 Å². The van der Waals surface area contributed by atoms with E-state index >= 15 is 0 Å². The highest BCUT2D eigenvalue weighted by atomic mass is 32.2. The third kappa shape index (κ3) is 5.89. The second kappa shape index (κ2) is 10.5. The van der Waals surface area contributed by atoms with Gasteiger partial charge in [0.15, 0.2) is 5.13 Å². The maximum Gasteiger partial charge on any atom is 0.257 e. The number of nitrogens with zero attached hydrogens (tertiary/aromatic N) is 3. The molecule has 0 saturated carbocycles. The first-order valence-corrected chi connectivity index (χ1v) is 12.9. The van der Waals surface area contributed by atoms with Crippen LogP contribution >= 0.6 is 11.3 Å². The molecule has 1 aromatic carbocycles. The summed E-state index contributed by atoms with van der Waals surface area (Å²) >= 11 is 1.30. The van der Waals surface area contributed by atoms with Gasteiger partial charge in [-0.1, -0.05) is 0 Å². The van der Waals surface area contributed by atoms with Crippen LogP contribution in [0, 0.1) is 0 Å². The Morgan fingerprint density at radius 3 is 2.50 bits per heavy atom. The van der Waals surface area contributed by atoms with Crippen LogP contribution in [0.15, 0.2) is 52.9 Å². The second-order valence-corrected chi connectivity index (χ2v) is 10.4.